The lowest BCUT2D eigenvalue weighted by molar-refractivity contribution is 0.662. The molecule has 0 bridgehead atoms. The Kier molecular flexibility index (Phi) is 3.88. The Balaban J connectivity index is 3.03. The molecule has 7 heteroatoms. The van der Waals surface area contributed by atoms with Crippen molar-refractivity contribution in [3.05, 3.63) is 10.4 Å². The molecule has 0 saturated heterocycles. The van der Waals surface area contributed by atoms with Crippen LogP contribution in [0, 0.1) is 11.7 Å². The van der Waals surface area contributed by atoms with Gasteiger partial charge in [-0.15, -0.1) is 11.3 Å². The van der Waals surface area contributed by atoms with Gasteiger partial charge < -0.3 is 0 Å². The largest absolute Gasteiger partial charge is 0.248 e. The molecule has 1 unspecified atom stereocenters. The summed E-state index contributed by atoms with van der Waals surface area (Å²) in [6.07, 6.45) is 0. The van der Waals surface area contributed by atoms with E-state index in [1.165, 1.54) is 11.3 Å². The summed E-state index contributed by atoms with van der Waals surface area (Å²) in [5.41, 5.74) is 0. The predicted molar refractivity (Wildman–Crippen MR) is 76.3 cm³/mol. The number of nitrogens with one attached hydrogen (secondary N) is 2. The van der Waals surface area contributed by atoms with Gasteiger partial charge in [-0.1, -0.05) is 33.9 Å². The number of aromatic nitrogens is 1. The molecular formula is C10H21N3OS2Si. The SMILES string of the molecule is Cc1nc(S(=N)(=O)N[Si](C)(C)C(C)(C)C)cs1. The average Bonchev–Trinajstić information content (AvgIpc) is 2.48. The normalized spacial score (nSPS) is 16.8. The van der Waals surface area contributed by atoms with E-state index in [0.717, 1.165) is 5.01 Å². The van der Waals surface area contributed by atoms with Crippen molar-refractivity contribution >= 4 is 29.5 Å². The molecule has 98 valence electrons. The minimum atomic E-state index is -2.97. The summed E-state index contributed by atoms with van der Waals surface area (Å²) in [6, 6.07) is 0. The standard InChI is InChI=1S/C10H21N3OS2Si/c1-8-12-9(7-15-8)16(11,14)13-17(5,6)10(2,3)4/h7H,1-6H3,(H2,11,13,14). The molecule has 0 aliphatic rings. The van der Waals surface area contributed by atoms with Crippen LogP contribution in [0.25, 0.3) is 0 Å². The molecule has 0 fully saturated rings. The quantitative estimate of drug-likeness (QED) is 0.839. The zero-order valence-corrected chi connectivity index (χ0v) is 13.9. The third-order valence-electron chi connectivity index (χ3n) is 3.17. The highest BCUT2D eigenvalue weighted by molar-refractivity contribution is 7.92. The molecule has 1 aromatic rings. The molecular weight excluding hydrogens is 270 g/mol. The van der Waals surface area contributed by atoms with Crippen LogP contribution in [0.1, 0.15) is 25.8 Å². The van der Waals surface area contributed by atoms with Gasteiger partial charge in [-0.2, -0.15) is 0 Å². The maximum absolute atomic E-state index is 12.4. The van der Waals surface area contributed by atoms with Gasteiger partial charge in [0.15, 0.2) is 5.03 Å². The first-order valence-electron chi connectivity index (χ1n) is 5.45. The summed E-state index contributed by atoms with van der Waals surface area (Å²) in [7, 11) is -4.93. The number of rotatable bonds is 3. The summed E-state index contributed by atoms with van der Waals surface area (Å²) in [5, 5.41) is 2.97. The van der Waals surface area contributed by atoms with Crippen LogP contribution in [-0.2, 0) is 9.92 Å². The summed E-state index contributed by atoms with van der Waals surface area (Å²) in [4.78, 5) is 4.16. The smallest absolute Gasteiger partial charge is 0.160 e. The molecule has 0 spiro atoms. The molecule has 0 aliphatic heterocycles. The van der Waals surface area contributed by atoms with Crippen LogP contribution in [0.15, 0.2) is 10.4 Å². The van der Waals surface area contributed by atoms with Gasteiger partial charge in [0.2, 0.25) is 0 Å². The predicted octanol–water partition coefficient (Wildman–Crippen LogP) is 3.37. The number of thiazole rings is 1. The van der Waals surface area contributed by atoms with Crippen molar-refractivity contribution in [2.24, 2.45) is 0 Å². The Hall–Kier alpha value is -0.243. The monoisotopic (exact) mass is 291 g/mol. The van der Waals surface area contributed by atoms with E-state index >= 15 is 0 Å². The molecule has 17 heavy (non-hydrogen) atoms. The first-order valence-corrected chi connectivity index (χ1v) is 10.9. The Bertz CT molecular complexity index is 500. The van der Waals surface area contributed by atoms with Gasteiger partial charge in [-0.25, -0.2) is 18.4 Å². The van der Waals surface area contributed by atoms with Crippen molar-refractivity contribution in [2.75, 3.05) is 0 Å². The van der Waals surface area contributed by atoms with E-state index in [0.29, 0.717) is 5.03 Å². The first-order chi connectivity index (χ1) is 7.46. The summed E-state index contributed by atoms with van der Waals surface area (Å²) < 4.78 is 23.5. The number of hydrogen-bond acceptors (Lipinski definition) is 4. The molecule has 0 amide bonds. The molecule has 0 radical (unpaired) electrons. The van der Waals surface area contributed by atoms with E-state index < -0.39 is 18.2 Å². The molecule has 0 aromatic carbocycles. The highest BCUT2D eigenvalue weighted by Gasteiger charge is 2.38. The van der Waals surface area contributed by atoms with Crippen LogP contribution in [0.5, 0.6) is 0 Å². The first kappa shape index (κ1) is 14.8. The van der Waals surface area contributed by atoms with Gasteiger partial charge in [0.25, 0.3) is 0 Å². The van der Waals surface area contributed by atoms with Crippen LogP contribution in [0.3, 0.4) is 0 Å². The molecule has 0 aliphatic carbocycles. The van der Waals surface area contributed by atoms with Gasteiger partial charge in [-0.3, -0.25) is 0 Å². The van der Waals surface area contributed by atoms with Crippen LogP contribution >= 0.6 is 11.3 Å². The van der Waals surface area contributed by atoms with Gasteiger partial charge in [0.1, 0.15) is 18.2 Å². The molecule has 1 heterocycles. The lowest BCUT2D eigenvalue weighted by Gasteiger charge is -2.37. The van der Waals surface area contributed by atoms with E-state index in [1.807, 2.05) is 6.92 Å². The third kappa shape index (κ3) is 3.37. The molecule has 2 N–H and O–H groups in total. The fraction of sp³-hybridized carbons (Fsp3) is 0.700. The summed E-state index contributed by atoms with van der Waals surface area (Å²) in [6.45, 7) is 12.4. The van der Waals surface area contributed by atoms with Crippen molar-refractivity contribution in [3.8, 4) is 0 Å². The van der Waals surface area contributed by atoms with E-state index in [9.17, 15) is 4.21 Å². The van der Waals surface area contributed by atoms with E-state index in [2.05, 4.69) is 43.2 Å². The molecule has 0 saturated carbocycles. The van der Waals surface area contributed by atoms with Gasteiger partial charge >= 0.3 is 0 Å². The lowest BCUT2D eigenvalue weighted by Crippen LogP contribution is -2.54. The summed E-state index contributed by atoms with van der Waals surface area (Å²) in [5.74, 6) is 0. The molecule has 4 nitrogen and oxygen atoms in total. The van der Waals surface area contributed by atoms with Gasteiger partial charge in [-0.05, 0) is 12.0 Å². The zero-order chi connectivity index (χ0) is 13.5. The second-order valence-corrected chi connectivity index (χ2v) is 13.9. The second-order valence-electron chi connectivity index (χ2n) is 5.74. The van der Waals surface area contributed by atoms with Crippen LogP contribution in [0.4, 0.5) is 0 Å². The minimum Gasteiger partial charge on any atom is -0.248 e. The Morgan fingerprint density at radius 2 is 2.00 bits per heavy atom. The summed E-state index contributed by atoms with van der Waals surface area (Å²) >= 11 is 1.43. The average molecular weight is 292 g/mol. The highest BCUT2D eigenvalue weighted by atomic mass is 32.2. The maximum Gasteiger partial charge on any atom is 0.160 e. The second kappa shape index (κ2) is 4.45. The van der Waals surface area contributed by atoms with E-state index in [1.54, 1.807) is 5.38 Å². The Morgan fingerprint density at radius 3 is 2.35 bits per heavy atom. The lowest BCUT2D eigenvalue weighted by atomic mass is 10.2. The van der Waals surface area contributed by atoms with E-state index in [-0.39, 0.29) is 5.04 Å². The van der Waals surface area contributed by atoms with Crippen LogP contribution < -0.4 is 4.39 Å². The molecule has 1 aromatic heterocycles. The molecule has 1 rings (SSSR count). The van der Waals surface area contributed by atoms with Crippen LogP contribution in [0.2, 0.25) is 18.1 Å². The maximum atomic E-state index is 12.4. The highest BCUT2D eigenvalue weighted by Crippen LogP contribution is 2.34. The zero-order valence-electron chi connectivity index (χ0n) is 11.2. The van der Waals surface area contributed by atoms with Crippen molar-refractivity contribution in [2.45, 2.75) is 50.9 Å². The Morgan fingerprint density at radius 1 is 1.47 bits per heavy atom. The van der Waals surface area contributed by atoms with E-state index in [4.69, 9.17) is 4.78 Å². The number of hydrogen-bond donors (Lipinski definition) is 2. The fourth-order valence-electron chi connectivity index (χ4n) is 1.04. The van der Waals surface area contributed by atoms with Gasteiger partial charge in [0.05, 0.1) is 5.01 Å². The third-order valence-corrected chi connectivity index (χ3v) is 11.8. The van der Waals surface area contributed by atoms with Crippen molar-refractivity contribution in [1.29, 1.82) is 4.78 Å². The van der Waals surface area contributed by atoms with Crippen LogP contribution in [-0.4, -0.2) is 17.4 Å². The fourth-order valence-corrected chi connectivity index (χ4v) is 7.04. The topological polar surface area (TPSA) is 65.8 Å². The number of aryl methyl sites for hydroxylation is 1. The van der Waals surface area contributed by atoms with Crippen molar-refractivity contribution < 1.29 is 4.21 Å². The minimum absolute atomic E-state index is 0.0434. The number of nitrogens with zero attached hydrogens (tertiary/aromatic N) is 1. The van der Waals surface area contributed by atoms with Gasteiger partial charge in [0, 0.05) is 5.38 Å². The van der Waals surface area contributed by atoms with Crippen molar-refractivity contribution in [1.82, 2.24) is 9.37 Å². The van der Waals surface area contributed by atoms with Crippen molar-refractivity contribution in [3.63, 3.8) is 0 Å². The Labute approximate surface area is 109 Å². The molecule has 1 atom stereocenters.